The van der Waals surface area contributed by atoms with Gasteiger partial charge < -0.3 is 14.7 Å². The van der Waals surface area contributed by atoms with Crippen LogP contribution in [0, 0.1) is 5.41 Å². The molecule has 2 atom stereocenters. The van der Waals surface area contributed by atoms with E-state index in [-0.39, 0.29) is 24.8 Å². The number of carbonyl (C=O) groups excluding carboxylic acids is 1. The summed E-state index contributed by atoms with van der Waals surface area (Å²) in [7, 11) is 0. The van der Waals surface area contributed by atoms with E-state index in [4.69, 9.17) is 4.74 Å². The van der Waals surface area contributed by atoms with Crippen LogP contribution in [-0.2, 0) is 16.1 Å². The van der Waals surface area contributed by atoms with Crippen LogP contribution in [0.4, 0.5) is 4.79 Å². The summed E-state index contributed by atoms with van der Waals surface area (Å²) in [6.07, 6.45) is 2.45. The zero-order valence-corrected chi connectivity index (χ0v) is 12.7. The standard InChI is InChI=1S/C17H21NO4/c1-17(15(19)20)9-13-7-8-14(10-17)18(13)16(21)22-11-12-5-3-2-4-6-12/h2-6,13-14H,7-11H2,1H3,(H,19,20). The van der Waals surface area contributed by atoms with Crippen molar-refractivity contribution in [2.45, 2.75) is 51.3 Å². The molecule has 2 aliphatic heterocycles. The Morgan fingerprint density at radius 2 is 1.82 bits per heavy atom. The van der Waals surface area contributed by atoms with Crippen molar-refractivity contribution in [3.05, 3.63) is 35.9 Å². The SMILES string of the molecule is CC1(C(=O)O)CC2CCC(C1)N2C(=O)OCc1ccccc1. The highest BCUT2D eigenvalue weighted by atomic mass is 16.6. The van der Waals surface area contributed by atoms with Gasteiger partial charge >= 0.3 is 12.1 Å². The number of aliphatic carboxylic acids is 1. The van der Waals surface area contributed by atoms with E-state index in [2.05, 4.69) is 0 Å². The summed E-state index contributed by atoms with van der Waals surface area (Å²) in [6.45, 7) is 2.04. The first kappa shape index (κ1) is 14.9. The third-order valence-corrected chi connectivity index (χ3v) is 4.92. The minimum Gasteiger partial charge on any atom is -0.481 e. The van der Waals surface area contributed by atoms with Crippen molar-refractivity contribution < 1.29 is 19.4 Å². The quantitative estimate of drug-likeness (QED) is 0.932. The van der Waals surface area contributed by atoms with E-state index in [1.165, 1.54) is 0 Å². The maximum Gasteiger partial charge on any atom is 0.410 e. The molecule has 1 N–H and O–H groups in total. The second-order valence-corrected chi connectivity index (χ2v) is 6.61. The summed E-state index contributed by atoms with van der Waals surface area (Å²) < 4.78 is 5.42. The fraction of sp³-hybridized carbons (Fsp3) is 0.529. The Morgan fingerprint density at radius 3 is 2.36 bits per heavy atom. The van der Waals surface area contributed by atoms with Gasteiger partial charge in [0.25, 0.3) is 0 Å². The van der Waals surface area contributed by atoms with Gasteiger partial charge in [0, 0.05) is 12.1 Å². The van der Waals surface area contributed by atoms with Crippen LogP contribution in [-0.4, -0.2) is 34.2 Å². The van der Waals surface area contributed by atoms with Gasteiger partial charge in [-0.15, -0.1) is 0 Å². The summed E-state index contributed by atoms with van der Waals surface area (Å²) in [4.78, 5) is 25.6. The van der Waals surface area contributed by atoms with Gasteiger partial charge in [0.2, 0.25) is 0 Å². The molecule has 2 fully saturated rings. The number of carboxylic acids is 1. The van der Waals surface area contributed by atoms with E-state index in [1.807, 2.05) is 30.3 Å². The highest BCUT2D eigenvalue weighted by Crippen LogP contribution is 2.45. The zero-order valence-electron chi connectivity index (χ0n) is 12.7. The van der Waals surface area contributed by atoms with E-state index in [1.54, 1.807) is 11.8 Å². The van der Waals surface area contributed by atoms with Gasteiger partial charge in [0.05, 0.1) is 5.41 Å². The number of nitrogens with zero attached hydrogens (tertiary/aromatic N) is 1. The van der Waals surface area contributed by atoms with Crippen molar-refractivity contribution >= 4 is 12.1 Å². The summed E-state index contributed by atoms with van der Waals surface area (Å²) >= 11 is 0. The third-order valence-electron chi connectivity index (χ3n) is 4.92. The highest BCUT2D eigenvalue weighted by Gasteiger charge is 2.51. The topological polar surface area (TPSA) is 66.8 Å². The molecule has 0 aliphatic carbocycles. The van der Waals surface area contributed by atoms with E-state index in [9.17, 15) is 14.7 Å². The molecule has 2 unspecified atom stereocenters. The van der Waals surface area contributed by atoms with Crippen molar-refractivity contribution in [3.63, 3.8) is 0 Å². The molecule has 0 aromatic heterocycles. The Bertz CT molecular complexity index is 557. The lowest BCUT2D eigenvalue weighted by Gasteiger charge is -2.41. The Labute approximate surface area is 129 Å². The van der Waals surface area contributed by atoms with Crippen molar-refractivity contribution in [3.8, 4) is 0 Å². The van der Waals surface area contributed by atoms with Crippen LogP contribution >= 0.6 is 0 Å². The summed E-state index contributed by atoms with van der Waals surface area (Å²) in [5.41, 5.74) is 0.234. The number of piperidine rings is 1. The molecule has 2 saturated heterocycles. The highest BCUT2D eigenvalue weighted by molar-refractivity contribution is 5.76. The number of hydrogen-bond donors (Lipinski definition) is 1. The Kier molecular flexibility index (Phi) is 3.81. The first-order chi connectivity index (χ1) is 10.5. The fourth-order valence-electron chi connectivity index (χ4n) is 3.75. The fourth-order valence-corrected chi connectivity index (χ4v) is 3.75. The minimum atomic E-state index is -0.762. The maximum absolute atomic E-state index is 12.4. The normalized spacial score (nSPS) is 30.1. The van der Waals surface area contributed by atoms with Gasteiger partial charge in [0.15, 0.2) is 0 Å². The Balaban J connectivity index is 1.64. The molecule has 1 amide bonds. The number of carboxylic acid groups (broad SMARTS) is 1. The molecule has 5 nitrogen and oxygen atoms in total. The molecule has 2 aliphatic rings. The first-order valence-corrected chi connectivity index (χ1v) is 7.72. The van der Waals surface area contributed by atoms with Crippen molar-refractivity contribution in [2.24, 2.45) is 5.41 Å². The molecule has 0 saturated carbocycles. The van der Waals surface area contributed by atoms with Crippen LogP contribution < -0.4 is 0 Å². The van der Waals surface area contributed by atoms with Crippen LogP contribution in [0.5, 0.6) is 0 Å². The molecular weight excluding hydrogens is 282 g/mol. The van der Waals surface area contributed by atoms with Crippen LogP contribution in [0.3, 0.4) is 0 Å². The summed E-state index contributed by atoms with van der Waals surface area (Å²) in [5, 5.41) is 9.40. The van der Waals surface area contributed by atoms with E-state index in [0.717, 1.165) is 18.4 Å². The molecule has 5 heteroatoms. The predicted octanol–water partition coefficient (Wildman–Crippen LogP) is 3.04. The molecular formula is C17H21NO4. The number of benzene rings is 1. The van der Waals surface area contributed by atoms with E-state index < -0.39 is 11.4 Å². The van der Waals surface area contributed by atoms with Crippen molar-refractivity contribution in [2.75, 3.05) is 0 Å². The molecule has 3 rings (SSSR count). The molecule has 118 valence electrons. The first-order valence-electron chi connectivity index (χ1n) is 7.72. The number of amides is 1. The lowest BCUT2D eigenvalue weighted by atomic mass is 9.77. The average molecular weight is 303 g/mol. The maximum atomic E-state index is 12.4. The van der Waals surface area contributed by atoms with Gasteiger partial charge in [-0.05, 0) is 38.2 Å². The molecule has 0 radical (unpaired) electrons. The number of carbonyl (C=O) groups is 2. The van der Waals surface area contributed by atoms with Crippen LogP contribution in [0.15, 0.2) is 30.3 Å². The van der Waals surface area contributed by atoms with Gasteiger partial charge in [-0.1, -0.05) is 30.3 Å². The van der Waals surface area contributed by atoms with Gasteiger partial charge in [0.1, 0.15) is 6.61 Å². The largest absolute Gasteiger partial charge is 0.481 e. The molecule has 0 spiro atoms. The number of ether oxygens (including phenoxy) is 1. The van der Waals surface area contributed by atoms with Gasteiger partial charge in [-0.3, -0.25) is 4.79 Å². The van der Waals surface area contributed by atoms with Crippen molar-refractivity contribution in [1.29, 1.82) is 0 Å². The lowest BCUT2D eigenvalue weighted by Crippen LogP contribution is -2.51. The predicted molar refractivity (Wildman–Crippen MR) is 80.3 cm³/mol. The van der Waals surface area contributed by atoms with Gasteiger partial charge in [-0.25, -0.2) is 4.79 Å². The van der Waals surface area contributed by atoms with Crippen LogP contribution in [0.25, 0.3) is 0 Å². The van der Waals surface area contributed by atoms with Crippen LogP contribution in [0.2, 0.25) is 0 Å². The Hall–Kier alpha value is -2.04. The monoisotopic (exact) mass is 303 g/mol. The van der Waals surface area contributed by atoms with Crippen molar-refractivity contribution in [1.82, 2.24) is 4.90 Å². The smallest absolute Gasteiger partial charge is 0.410 e. The average Bonchev–Trinajstić information content (AvgIpc) is 2.78. The van der Waals surface area contributed by atoms with E-state index >= 15 is 0 Å². The van der Waals surface area contributed by atoms with Gasteiger partial charge in [-0.2, -0.15) is 0 Å². The van der Waals surface area contributed by atoms with Crippen LogP contribution in [0.1, 0.15) is 38.2 Å². The second kappa shape index (κ2) is 5.63. The summed E-state index contributed by atoms with van der Waals surface area (Å²) in [6, 6.07) is 9.55. The minimum absolute atomic E-state index is 0.0110. The molecule has 22 heavy (non-hydrogen) atoms. The molecule has 2 heterocycles. The zero-order chi connectivity index (χ0) is 15.7. The number of rotatable bonds is 3. The number of fused-ring (bicyclic) bond motifs is 2. The number of hydrogen-bond acceptors (Lipinski definition) is 3. The van der Waals surface area contributed by atoms with E-state index in [0.29, 0.717) is 12.8 Å². The molecule has 2 bridgehead atoms. The molecule has 1 aromatic carbocycles. The molecule has 1 aromatic rings. The lowest BCUT2D eigenvalue weighted by molar-refractivity contribution is -0.152. The summed E-state index contributed by atoms with van der Waals surface area (Å²) in [5.74, 6) is -0.762. The Morgan fingerprint density at radius 1 is 1.23 bits per heavy atom. The third kappa shape index (κ3) is 2.67. The second-order valence-electron chi connectivity index (χ2n) is 6.61.